The van der Waals surface area contributed by atoms with Crippen LogP contribution in [0.5, 0.6) is 5.75 Å². The molecule has 0 radical (unpaired) electrons. The molecule has 1 aliphatic rings. The van der Waals surface area contributed by atoms with Crippen LogP contribution < -0.4 is 21.7 Å². The third kappa shape index (κ3) is 3.04. The van der Waals surface area contributed by atoms with Crippen molar-refractivity contribution in [3.05, 3.63) is 47.2 Å². The van der Waals surface area contributed by atoms with Crippen molar-refractivity contribution in [2.24, 2.45) is 0 Å². The molecule has 1 aromatic heterocycles. The maximum absolute atomic E-state index is 12.0. The van der Waals surface area contributed by atoms with Gasteiger partial charge in [0.25, 0.3) is 0 Å². The highest BCUT2D eigenvalue weighted by Crippen LogP contribution is 2.29. The first-order valence-corrected chi connectivity index (χ1v) is 7.53. The van der Waals surface area contributed by atoms with E-state index in [1.54, 1.807) is 7.11 Å². The minimum absolute atomic E-state index is 0. The van der Waals surface area contributed by atoms with E-state index in [-0.39, 0.29) is 18.4 Å². The van der Waals surface area contributed by atoms with Crippen molar-refractivity contribution >= 4 is 5.97 Å². The molecule has 1 aliphatic heterocycles. The monoisotopic (exact) mass is 333 g/mol. The molecule has 5 heteroatoms. The Balaban J connectivity index is 0.00000192. The predicted molar refractivity (Wildman–Crippen MR) is 83.0 cm³/mol. The number of aryl methyl sites for hydroxylation is 1. The van der Waals surface area contributed by atoms with E-state index < -0.39 is 0 Å². The van der Waals surface area contributed by atoms with Gasteiger partial charge in [-0.25, -0.2) is 4.79 Å². The van der Waals surface area contributed by atoms with Crippen LogP contribution >= 0.6 is 0 Å². The summed E-state index contributed by atoms with van der Waals surface area (Å²) in [5, 5.41) is 0. The zero-order chi connectivity index (χ0) is 15.7. The Hall–Kier alpha value is -2.07. The van der Waals surface area contributed by atoms with Gasteiger partial charge in [0.05, 0.1) is 13.7 Å². The number of carbonyl (C=O) groups is 1. The van der Waals surface area contributed by atoms with Gasteiger partial charge in [-0.15, -0.1) is 0 Å². The molecule has 0 atom stereocenters. The molecule has 4 nitrogen and oxygen atoms in total. The van der Waals surface area contributed by atoms with Crippen LogP contribution in [0.2, 0.25) is 0 Å². The summed E-state index contributed by atoms with van der Waals surface area (Å²) in [6.07, 6.45) is 0.928. The number of pyridine rings is 1. The third-order valence-electron chi connectivity index (χ3n) is 4.18. The minimum Gasteiger partial charge on any atom is -1.00 e. The van der Waals surface area contributed by atoms with Gasteiger partial charge in [0.2, 0.25) is 5.69 Å². The molecule has 0 spiro atoms. The number of hydrogen-bond donors (Lipinski definition) is 0. The summed E-state index contributed by atoms with van der Waals surface area (Å²) in [6, 6.07) is 10.0. The Morgan fingerprint density at radius 1 is 1.26 bits per heavy atom. The molecule has 0 aliphatic carbocycles. The summed E-state index contributed by atoms with van der Waals surface area (Å²) in [6.45, 7) is 5.05. The van der Waals surface area contributed by atoms with Gasteiger partial charge in [-0.05, 0) is 36.8 Å². The number of benzene rings is 1. The summed E-state index contributed by atoms with van der Waals surface area (Å²) >= 11 is 0. The molecule has 0 N–H and O–H groups in total. The molecule has 0 unspecified atom stereocenters. The highest BCUT2D eigenvalue weighted by atomic mass is 35.5. The second kappa shape index (κ2) is 7.01. The average Bonchev–Trinajstić information content (AvgIpc) is 2.54. The normalized spacial score (nSPS) is 11.8. The number of rotatable bonds is 3. The van der Waals surface area contributed by atoms with Gasteiger partial charge < -0.3 is 21.9 Å². The van der Waals surface area contributed by atoms with E-state index in [4.69, 9.17) is 9.47 Å². The molecule has 1 aromatic carbocycles. The lowest BCUT2D eigenvalue weighted by Crippen LogP contribution is -3.00. The summed E-state index contributed by atoms with van der Waals surface area (Å²) < 4.78 is 12.6. The first-order valence-electron chi connectivity index (χ1n) is 7.53. The van der Waals surface area contributed by atoms with Crippen molar-refractivity contribution in [1.82, 2.24) is 0 Å². The standard InChI is InChI=1S/C18H20NO3.ClH/c1-4-22-18(20)15-7-8-17-16-6-5-14(21-3)11-13(16)9-10-19(17)12(15)2;/h5-8,11H,4,9-10H2,1-3H3;1H/q+1;/p-1. The van der Waals surface area contributed by atoms with Crippen molar-refractivity contribution in [2.75, 3.05) is 13.7 Å². The van der Waals surface area contributed by atoms with Gasteiger partial charge in [0.15, 0.2) is 12.2 Å². The molecule has 2 heterocycles. The van der Waals surface area contributed by atoms with Gasteiger partial charge >= 0.3 is 5.97 Å². The largest absolute Gasteiger partial charge is 1.00 e. The fourth-order valence-corrected chi connectivity index (χ4v) is 3.03. The second-order valence-electron chi connectivity index (χ2n) is 5.36. The van der Waals surface area contributed by atoms with Crippen molar-refractivity contribution in [3.63, 3.8) is 0 Å². The Labute approximate surface area is 142 Å². The lowest BCUT2D eigenvalue weighted by molar-refractivity contribution is -0.693. The van der Waals surface area contributed by atoms with E-state index >= 15 is 0 Å². The maximum Gasteiger partial charge on any atom is 0.344 e. The van der Waals surface area contributed by atoms with Crippen LogP contribution in [0.4, 0.5) is 0 Å². The van der Waals surface area contributed by atoms with Crippen LogP contribution in [0.1, 0.15) is 28.5 Å². The van der Waals surface area contributed by atoms with Gasteiger partial charge in [0.1, 0.15) is 11.3 Å². The number of ether oxygens (including phenoxy) is 2. The smallest absolute Gasteiger partial charge is 0.344 e. The van der Waals surface area contributed by atoms with Gasteiger partial charge in [-0.3, -0.25) is 0 Å². The molecule has 23 heavy (non-hydrogen) atoms. The number of esters is 1. The van der Waals surface area contributed by atoms with Gasteiger partial charge in [0, 0.05) is 25.0 Å². The molecule has 0 saturated carbocycles. The summed E-state index contributed by atoms with van der Waals surface area (Å²) in [7, 11) is 1.68. The fourth-order valence-electron chi connectivity index (χ4n) is 3.03. The van der Waals surface area contributed by atoms with Crippen molar-refractivity contribution < 1.29 is 31.2 Å². The first kappa shape index (κ1) is 17.3. The number of aromatic nitrogens is 1. The Morgan fingerprint density at radius 2 is 2.04 bits per heavy atom. The van der Waals surface area contributed by atoms with E-state index in [1.165, 1.54) is 11.1 Å². The lowest BCUT2D eigenvalue weighted by atomic mass is 9.95. The zero-order valence-electron chi connectivity index (χ0n) is 13.6. The molecule has 122 valence electrons. The van der Waals surface area contributed by atoms with E-state index in [0.29, 0.717) is 12.2 Å². The van der Waals surface area contributed by atoms with E-state index in [9.17, 15) is 4.79 Å². The maximum atomic E-state index is 12.0. The van der Waals surface area contributed by atoms with Crippen LogP contribution in [0, 0.1) is 6.92 Å². The molecular weight excluding hydrogens is 314 g/mol. The second-order valence-corrected chi connectivity index (χ2v) is 5.36. The van der Waals surface area contributed by atoms with Crippen LogP contribution in [0.15, 0.2) is 30.3 Å². The van der Waals surface area contributed by atoms with Crippen molar-refractivity contribution in [3.8, 4) is 17.0 Å². The molecule has 2 aromatic rings. The highest BCUT2D eigenvalue weighted by Gasteiger charge is 2.28. The van der Waals surface area contributed by atoms with Crippen molar-refractivity contribution in [2.45, 2.75) is 26.8 Å². The number of nitrogens with zero attached hydrogens (tertiary/aromatic N) is 1. The predicted octanol–water partition coefficient (Wildman–Crippen LogP) is -0.305. The summed E-state index contributed by atoms with van der Waals surface area (Å²) in [5.41, 5.74) is 5.21. The number of carbonyl (C=O) groups excluding carboxylic acids is 1. The van der Waals surface area contributed by atoms with E-state index in [0.717, 1.165) is 30.1 Å². The van der Waals surface area contributed by atoms with Crippen LogP contribution in [0.25, 0.3) is 11.3 Å². The minimum atomic E-state index is -0.254. The Kier molecular flexibility index (Phi) is 5.26. The molecule has 0 saturated heterocycles. The fraction of sp³-hybridized carbons (Fsp3) is 0.333. The molecule has 3 rings (SSSR count). The summed E-state index contributed by atoms with van der Waals surface area (Å²) in [5.74, 6) is 0.628. The van der Waals surface area contributed by atoms with Gasteiger partial charge in [-0.2, -0.15) is 4.57 Å². The van der Waals surface area contributed by atoms with Crippen LogP contribution in [-0.2, 0) is 17.7 Å². The average molecular weight is 334 g/mol. The van der Waals surface area contributed by atoms with Gasteiger partial charge in [-0.1, -0.05) is 0 Å². The number of methoxy groups -OCH3 is 1. The number of fused-ring (bicyclic) bond motifs is 3. The number of hydrogen-bond acceptors (Lipinski definition) is 3. The molecule has 0 bridgehead atoms. The molecule has 0 fully saturated rings. The number of halogens is 1. The third-order valence-corrected chi connectivity index (χ3v) is 4.18. The first-order chi connectivity index (χ1) is 10.7. The quantitative estimate of drug-likeness (QED) is 0.572. The zero-order valence-corrected chi connectivity index (χ0v) is 14.3. The molecule has 0 amide bonds. The van der Waals surface area contributed by atoms with E-state index in [2.05, 4.69) is 16.7 Å². The van der Waals surface area contributed by atoms with Crippen molar-refractivity contribution in [1.29, 1.82) is 0 Å². The topological polar surface area (TPSA) is 39.4 Å². The molecular formula is C18H20ClNO3. The van der Waals surface area contributed by atoms with E-state index in [1.807, 2.05) is 32.0 Å². The van der Waals surface area contributed by atoms with Crippen LogP contribution in [-0.4, -0.2) is 19.7 Å². The SMILES string of the molecule is CCOC(=O)c1ccc2[n+](c1C)CCc1cc(OC)ccc1-2.[Cl-]. The lowest BCUT2D eigenvalue weighted by Gasteiger charge is -2.18. The summed E-state index contributed by atoms with van der Waals surface area (Å²) in [4.78, 5) is 12.0. The Bertz CT molecular complexity index is 743. The van der Waals surface area contributed by atoms with Crippen LogP contribution in [0.3, 0.4) is 0 Å². The highest BCUT2D eigenvalue weighted by molar-refractivity contribution is 5.90. The Morgan fingerprint density at radius 3 is 2.74 bits per heavy atom.